The van der Waals surface area contributed by atoms with Crippen LogP contribution in [0, 0.1) is 0 Å². The van der Waals surface area contributed by atoms with E-state index in [1.807, 2.05) is 6.07 Å². The van der Waals surface area contributed by atoms with Crippen molar-refractivity contribution >= 4 is 0 Å². The molecule has 1 unspecified atom stereocenters. The van der Waals surface area contributed by atoms with Gasteiger partial charge >= 0.3 is 0 Å². The van der Waals surface area contributed by atoms with Gasteiger partial charge in [0.15, 0.2) is 0 Å². The van der Waals surface area contributed by atoms with Crippen molar-refractivity contribution in [2.45, 2.75) is 24.9 Å². The number of benzene rings is 2. The van der Waals surface area contributed by atoms with Crippen molar-refractivity contribution in [2.75, 3.05) is 6.61 Å². The Bertz CT molecular complexity index is 517. The fraction of sp³-hybridized carbons (Fsp3) is 0.294. The minimum absolute atomic E-state index is 0.0670. The van der Waals surface area contributed by atoms with Crippen LogP contribution in [-0.4, -0.2) is 17.8 Å². The van der Waals surface area contributed by atoms with Crippen LogP contribution >= 0.6 is 0 Å². The summed E-state index contributed by atoms with van der Waals surface area (Å²) in [6.07, 6.45) is 2.47. The van der Waals surface area contributed by atoms with Gasteiger partial charge < -0.3 is 10.4 Å². The fourth-order valence-corrected chi connectivity index (χ4v) is 2.33. The van der Waals surface area contributed by atoms with E-state index < -0.39 is 0 Å². The Hall–Kier alpha value is -1.64. The lowest BCUT2D eigenvalue weighted by atomic mass is 10.0. The molecular formula is C17H19NO. The van der Waals surface area contributed by atoms with E-state index in [-0.39, 0.29) is 12.6 Å². The first-order valence-electron chi connectivity index (χ1n) is 6.89. The van der Waals surface area contributed by atoms with Gasteiger partial charge in [0.05, 0.1) is 12.6 Å². The molecule has 2 aromatic carbocycles. The Morgan fingerprint density at radius 1 is 0.947 bits per heavy atom. The third-order valence-electron chi connectivity index (χ3n) is 3.62. The molecular weight excluding hydrogens is 234 g/mol. The highest BCUT2D eigenvalue weighted by Crippen LogP contribution is 2.26. The number of hydrogen-bond donors (Lipinski definition) is 2. The zero-order valence-corrected chi connectivity index (χ0v) is 10.9. The van der Waals surface area contributed by atoms with E-state index in [2.05, 4.69) is 53.8 Å². The molecule has 0 radical (unpaired) electrons. The second kappa shape index (κ2) is 5.55. The zero-order valence-electron chi connectivity index (χ0n) is 10.9. The monoisotopic (exact) mass is 253 g/mol. The van der Waals surface area contributed by atoms with Gasteiger partial charge in [-0.2, -0.15) is 0 Å². The van der Waals surface area contributed by atoms with E-state index in [1.165, 1.54) is 24.0 Å². The molecule has 3 rings (SSSR count). The Kier molecular flexibility index (Phi) is 3.62. The van der Waals surface area contributed by atoms with E-state index in [4.69, 9.17) is 0 Å². The second-order valence-electron chi connectivity index (χ2n) is 5.16. The molecule has 0 amide bonds. The molecule has 1 aliphatic carbocycles. The van der Waals surface area contributed by atoms with Crippen LogP contribution in [0.4, 0.5) is 0 Å². The quantitative estimate of drug-likeness (QED) is 0.858. The van der Waals surface area contributed by atoms with Crippen molar-refractivity contribution in [3.8, 4) is 11.1 Å². The van der Waals surface area contributed by atoms with Crippen LogP contribution in [0.3, 0.4) is 0 Å². The van der Waals surface area contributed by atoms with Crippen LogP contribution in [0.2, 0.25) is 0 Å². The number of aliphatic hydroxyl groups is 1. The SMILES string of the molecule is OCC(NC1CC1)c1ccc(-c2ccccc2)cc1. The Labute approximate surface area is 114 Å². The van der Waals surface area contributed by atoms with Crippen LogP contribution in [0.5, 0.6) is 0 Å². The smallest absolute Gasteiger partial charge is 0.0626 e. The normalized spacial score (nSPS) is 16.3. The van der Waals surface area contributed by atoms with Crippen molar-refractivity contribution < 1.29 is 5.11 Å². The topological polar surface area (TPSA) is 32.3 Å². The maximum atomic E-state index is 9.48. The number of rotatable bonds is 5. The highest BCUT2D eigenvalue weighted by molar-refractivity contribution is 5.63. The van der Waals surface area contributed by atoms with Gasteiger partial charge in [-0.05, 0) is 29.5 Å². The first-order chi connectivity index (χ1) is 9.36. The summed E-state index contributed by atoms with van der Waals surface area (Å²) in [6.45, 7) is 0.154. The molecule has 0 spiro atoms. The lowest BCUT2D eigenvalue weighted by Crippen LogP contribution is -2.26. The van der Waals surface area contributed by atoms with Crippen molar-refractivity contribution in [2.24, 2.45) is 0 Å². The molecule has 1 atom stereocenters. The molecule has 0 aromatic heterocycles. The molecule has 1 saturated carbocycles. The van der Waals surface area contributed by atoms with Crippen molar-refractivity contribution in [3.05, 3.63) is 60.2 Å². The summed E-state index contributed by atoms with van der Waals surface area (Å²) >= 11 is 0. The average molecular weight is 253 g/mol. The molecule has 98 valence electrons. The van der Waals surface area contributed by atoms with E-state index >= 15 is 0 Å². The largest absolute Gasteiger partial charge is 0.394 e. The third-order valence-corrected chi connectivity index (χ3v) is 3.62. The Balaban J connectivity index is 1.77. The molecule has 1 fully saturated rings. The summed E-state index contributed by atoms with van der Waals surface area (Å²) in [5, 5.41) is 12.9. The number of aliphatic hydroxyl groups excluding tert-OH is 1. The third kappa shape index (κ3) is 3.03. The molecule has 2 heteroatoms. The maximum absolute atomic E-state index is 9.48. The Morgan fingerprint density at radius 2 is 1.58 bits per heavy atom. The van der Waals surface area contributed by atoms with Crippen LogP contribution in [0.25, 0.3) is 11.1 Å². The van der Waals surface area contributed by atoms with Crippen molar-refractivity contribution in [1.82, 2.24) is 5.32 Å². The second-order valence-corrected chi connectivity index (χ2v) is 5.16. The predicted molar refractivity (Wildman–Crippen MR) is 77.9 cm³/mol. The first-order valence-corrected chi connectivity index (χ1v) is 6.89. The molecule has 1 aliphatic rings. The highest BCUT2D eigenvalue weighted by atomic mass is 16.3. The summed E-state index contributed by atoms with van der Waals surface area (Å²) in [6, 6.07) is 19.5. The molecule has 2 nitrogen and oxygen atoms in total. The molecule has 19 heavy (non-hydrogen) atoms. The van der Waals surface area contributed by atoms with E-state index in [1.54, 1.807) is 0 Å². The van der Waals surface area contributed by atoms with Gasteiger partial charge in [0.25, 0.3) is 0 Å². The molecule has 0 heterocycles. The summed E-state index contributed by atoms with van der Waals surface area (Å²) in [5.74, 6) is 0. The van der Waals surface area contributed by atoms with E-state index in [9.17, 15) is 5.11 Å². The summed E-state index contributed by atoms with van der Waals surface area (Å²) in [5.41, 5.74) is 3.60. The van der Waals surface area contributed by atoms with Gasteiger partial charge in [-0.15, -0.1) is 0 Å². The first kappa shape index (κ1) is 12.4. The van der Waals surface area contributed by atoms with Gasteiger partial charge in [0.2, 0.25) is 0 Å². The van der Waals surface area contributed by atoms with Crippen LogP contribution in [0.15, 0.2) is 54.6 Å². The number of hydrogen-bond acceptors (Lipinski definition) is 2. The summed E-state index contributed by atoms with van der Waals surface area (Å²) in [4.78, 5) is 0. The van der Waals surface area contributed by atoms with Crippen LogP contribution in [-0.2, 0) is 0 Å². The molecule has 0 saturated heterocycles. The lowest BCUT2D eigenvalue weighted by molar-refractivity contribution is 0.243. The van der Waals surface area contributed by atoms with Crippen LogP contribution < -0.4 is 5.32 Å². The minimum Gasteiger partial charge on any atom is -0.394 e. The fourth-order valence-electron chi connectivity index (χ4n) is 2.33. The van der Waals surface area contributed by atoms with Gasteiger partial charge in [-0.25, -0.2) is 0 Å². The Morgan fingerprint density at radius 3 is 2.16 bits per heavy atom. The standard InChI is InChI=1S/C17H19NO/c19-12-17(18-16-10-11-16)15-8-6-14(7-9-15)13-4-2-1-3-5-13/h1-9,16-19H,10-12H2. The molecule has 2 N–H and O–H groups in total. The number of nitrogens with one attached hydrogen (secondary N) is 1. The molecule has 0 aliphatic heterocycles. The van der Waals surface area contributed by atoms with Gasteiger partial charge in [0, 0.05) is 6.04 Å². The molecule has 0 bridgehead atoms. The zero-order chi connectivity index (χ0) is 13.1. The van der Waals surface area contributed by atoms with Crippen molar-refractivity contribution in [3.63, 3.8) is 0 Å². The summed E-state index contributed by atoms with van der Waals surface area (Å²) < 4.78 is 0. The van der Waals surface area contributed by atoms with Crippen molar-refractivity contribution in [1.29, 1.82) is 0 Å². The maximum Gasteiger partial charge on any atom is 0.0626 e. The van der Waals surface area contributed by atoms with Gasteiger partial charge in [-0.3, -0.25) is 0 Å². The van der Waals surface area contributed by atoms with Gasteiger partial charge in [0.1, 0.15) is 0 Å². The highest BCUT2D eigenvalue weighted by Gasteiger charge is 2.24. The average Bonchev–Trinajstić information content (AvgIpc) is 3.30. The lowest BCUT2D eigenvalue weighted by Gasteiger charge is -2.16. The van der Waals surface area contributed by atoms with E-state index in [0.29, 0.717) is 6.04 Å². The van der Waals surface area contributed by atoms with Gasteiger partial charge in [-0.1, -0.05) is 54.6 Å². The minimum atomic E-state index is 0.0670. The molecule has 2 aromatic rings. The van der Waals surface area contributed by atoms with E-state index in [0.717, 1.165) is 5.56 Å². The predicted octanol–water partition coefficient (Wildman–Crippen LogP) is 3.14. The summed E-state index contributed by atoms with van der Waals surface area (Å²) in [7, 11) is 0. The van der Waals surface area contributed by atoms with Crippen LogP contribution in [0.1, 0.15) is 24.4 Å².